The summed E-state index contributed by atoms with van der Waals surface area (Å²) in [6, 6.07) is 0. The van der Waals surface area contributed by atoms with Crippen LogP contribution in [-0.2, 0) is 13.1 Å². The van der Waals surface area contributed by atoms with E-state index in [1.807, 2.05) is 6.92 Å². The number of aromatic amines is 2. The predicted molar refractivity (Wildman–Crippen MR) is 81.3 cm³/mol. The number of nitrogens with one attached hydrogen (secondary N) is 2. The van der Waals surface area contributed by atoms with E-state index in [0.29, 0.717) is 18.7 Å². The van der Waals surface area contributed by atoms with Gasteiger partial charge in [-0.25, -0.2) is 14.7 Å². The maximum Gasteiger partial charge on any atom is 0.354 e. The van der Waals surface area contributed by atoms with E-state index in [1.54, 1.807) is 10.8 Å². The summed E-state index contributed by atoms with van der Waals surface area (Å²) in [6.45, 7) is 4.67. The van der Waals surface area contributed by atoms with Crippen LogP contribution in [0.15, 0.2) is 11.0 Å². The van der Waals surface area contributed by atoms with Crippen LogP contribution in [0.4, 0.5) is 0 Å². The van der Waals surface area contributed by atoms with Crippen molar-refractivity contribution in [1.29, 1.82) is 0 Å². The van der Waals surface area contributed by atoms with Gasteiger partial charge in [-0.15, -0.1) is 0 Å². The fourth-order valence-electron chi connectivity index (χ4n) is 3.21. The van der Waals surface area contributed by atoms with Gasteiger partial charge in [-0.2, -0.15) is 10.2 Å². The van der Waals surface area contributed by atoms with E-state index in [-0.39, 0.29) is 17.3 Å². The molecule has 1 fully saturated rings. The van der Waals surface area contributed by atoms with E-state index >= 15 is 0 Å². The lowest BCUT2D eigenvalue weighted by Crippen LogP contribution is -2.35. The Morgan fingerprint density at radius 1 is 1.48 bits per heavy atom. The zero-order chi connectivity index (χ0) is 16.4. The Kier molecular flexibility index (Phi) is 4.28. The van der Waals surface area contributed by atoms with Crippen molar-refractivity contribution in [3.05, 3.63) is 33.8 Å². The van der Waals surface area contributed by atoms with Crippen molar-refractivity contribution < 1.29 is 9.90 Å². The van der Waals surface area contributed by atoms with Gasteiger partial charge in [0, 0.05) is 31.1 Å². The maximum absolute atomic E-state index is 11.7. The van der Waals surface area contributed by atoms with Crippen LogP contribution in [0.3, 0.4) is 0 Å². The second kappa shape index (κ2) is 6.37. The SMILES string of the molecule is CCn1c([C@H]2CCCN(Cc3cn[nH]c3C(=O)O)C2)n[nH]c1=O. The second-order valence-corrected chi connectivity index (χ2v) is 5.78. The van der Waals surface area contributed by atoms with Crippen molar-refractivity contribution in [3.63, 3.8) is 0 Å². The molecule has 0 bridgehead atoms. The molecule has 0 amide bonds. The number of rotatable bonds is 5. The van der Waals surface area contributed by atoms with E-state index in [1.165, 1.54) is 0 Å². The van der Waals surface area contributed by atoms with E-state index in [4.69, 9.17) is 5.11 Å². The summed E-state index contributed by atoms with van der Waals surface area (Å²) in [5.41, 5.74) is 0.632. The highest BCUT2D eigenvalue weighted by Gasteiger charge is 2.27. The molecular weight excluding hydrogens is 300 g/mol. The van der Waals surface area contributed by atoms with Crippen LogP contribution in [0.5, 0.6) is 0 Å². The van der Waals surface area contributed by atoms with Crippen molar-refractivity contribution >= 4 is 5.97 Å². The van der Waals surface area contributed by atoms with Gasteiger partial charge >= 0.3 is 11.7 Å². The van der Waals surface area contributed by atoms with Gasteiger partial charge in [0.1, 0.15) is 11.5 Å². The quantitative estimate of drug-likeness (QED) is 0.733. The molecule has 9 heteroatoms. The third-order valence-corrected chi connectivity index (χ3v) is 4.30. The Hall–Kier alpha value is -2.42. The molecule has 2 aromatic heterocycles. The minimum atomic E-state index is -1.00. The van der Waals surface area contributed by atoms with Crippen LogP contribution in [0, 0.1) is 0 Å². The topological polar surface area (TPSA) is 120 Å². The van der Waals surface area contributed by atoms with Crippen molar-refractivity contribution in [1.82, 2.24) is 29.9 Å². The Morgan fingerprint density at radius 3 is 3.04 bits per heavy atom. The summed E-state index contributed by atoms with van der Waals surface area (Å²) < 4.78 is 1.66. The number of hydrogen-bond donors (Lipinski definition) is 3. The summed E-state index contributed by atoms with van der Waals surface area (Å²) in [7, 11) is 0. The average Bonchev–Trinajstić information content (AvgIpc) is 3.14. The second-order valence-electron chi connectivity index (χ2n) is 5.78. The van der Waals surface area contributed by atoms with Crippen LogP contribution < -0.4 is 5.69 Å². The zero-order valence-electron chi connectivity index (χ0n) is 12.9. The lowest BCUT2D eigenvalue weighted by Gasteiger charge is -2.32. The first-order valence-electron chi connectivity index (χ1n) is 7.73. The number of hydrogen-bond acceptors (Lipinski definition) is 5. The number of nitrogens with zero attached hydrogens (tertiary/aromatic N) is 4. The number of likely N-dealkylation sites (tertiary alicyclic amines) is 1. The van der Waals surface area contributed by atoms with Crippen LogP contribution >= 0.6 is 0 Å². The smallest absolute Gasteiger partial charge is 0.354 e. The molecule has 3 heterocycles. The van der Waals surface area contributed by atoms with Gasteiger partial charge in [0.25, 0.3) is 0 Å². The highest BCUT2D eigenvalue weighted by Crippen LogP contribution is 2.26. The van der Waals surface area contributed by atoms with E-state index in [9.17, 15) is 9.59 Å². The van der Waals surface area contributed by atoms with Crippen LogP contribution in [0.25, 0.3) is 0 Å². The molecule has 124 valence electrons. The zero-order valence-corrected chi connectivity index (χ0v) is 12.9. The summed E-state index contributed by atoms with van der Waals surface area (Å²) in [5, 5.41) is 22.2. The Labute approximate surface area is 132 Å². The van der Waals surface area contributed by atoms with Crippen molar-refractivity contribution in [2.45, 2.75) is 38.8 Å². The molecule has 23 heavy (non-hydrogen) atoms. The number of carboxylic acids is 1. The number of carboxylic acid groups (broad SMARTS) is 1. The van der Waals surface area contributed by atoms with Crippen LogP contribution in [-0.4, -0.2) is 54.0 Å². The molecule has 0 aromatic carbocycles. The molecular formula is C14H20N6O3. The normalized spacial score (nSPS) is 19.1. The predicted octanol–water partition coefficient (Wildman–Crippen LogP) is 0.392. The summed E-state index contributed by atoms with van der Waals surface area (Å²) in [6.07, 6.45) is 3.51. The van der Waals surface area contributed by atoms with E-state index in [0.717, 1.165) is 31.8 Å². The fraction of sp³-hybridized carbons (Fsp3) is 0.571. The molecule has 3 N–H and O–H groups in total. The standard InChI is InChI=1S/C14H20N6O3/c1-2-20-12(17-18-14(20)23)9-4-3-5-19(7-9)8-10-6-15-16-11(10)13(21)22/h6,9H,2-5,7-8H2,1H3,(H,15,16)(H,18,23)(H,21,22)/t9-/m0/s1. The molecule has 0 aliphatic carbocycles. The fourth-order valence-corrected chi connectivity index (χ4v) is 3.21. The number of aromatic carboxylic acids is 1. The van der Waals surface area contributed by atoms with Gasteiger partial charge in [-0.05, 0) is 26.3 Å². The number of carbonyl (C=O) groups is 1. The van der Waals surface area contributed by atoms with Gasteiger partial charge in [0.15, 0.2) is 0 Å². The van der Waals surface area contributed by atoms with Gasteiger partial charge in [-0.3, -0.25) is 14.6 Å². The number of H-pyrrole nitrogens is 2. The summed E-state index contributed by atoms with van der Waals surface area (Å²) >= 11 is 0. The minimum Gasteiger partial charge on any atom is -0.477 e. The lowest BCUT2D eigenvalue weighted by molar-refractivity contribution is 0.0687. The van der Waals surface area contributed by atoms with Crippen LogP contribution in [0.2, 0.25) is 0 Å². The van der Waals surface area contributed by atoms with Crippen molar-refractivity contribution in [2.24, 2.45) is 0 Å². The Bertz CT molecular complexity index is 746. The highest BCUT2D eigenvalue weighted by atomic mass is 16.4. The first kappa shape index (κ1) is 15.5. The molecule has 0 unspecified atom stereocenters. The number of aromatic nitrogens is 5. The summed E-state index contributed by atoms with van der Waals surface area (Å²) in [4.78, 5) is 25.1. The molecule has 0 radical (unpaired) electrons. The first-order valence-corrected chi connectivity index (χ1v) is 7.73. The molecule has 1 atom stereocenters. The molecule has 1 saturated heterocycles. The third-order valence-electron chi connectivity index (χ3n) is 4.30. The first-order chi connectivity index (χ1) is 11.1. The van der Waals surface area contributed by atoms with E-state index in [2.05, 4.69) is 25.3 Å². The Morgan fingerprint density at radius 2 is 2.30 bits per heavy atom. The molecule has 9 nitrogen and oxygen atoms in total. The van der Waals surface area contributed by atoms with Gasteiger partial charge in [-0.1, -0.05) is 0 Å². The molecule has 1 aliphatic heterocycles. The molecule has 1 aliphatic rings. The molecule has 0 spiro atoms. The molecule has 0 saturated carbocycles. The van der Waals surface area contributed by atoms with E-state index < -0.39 is 5.97 Å². The minimum absolute atomic E-state index is 0.136. The van der Waals surface area contributed by atoms with Crippen molar-refractivity contribution in [2.75, 3.05) is 13.1 Å². The lowest BCUT2D eigenvalue weighted by atomic mass is 9.96. The third kappa shape index (κ3) is 3.04. The summed E-state index contributed by atoms with van der Waals surface area (Å²) in [5.74, 6) is -0.0473. The maximum atomic E-state index is 11.7. The van der Waals surface area contributed by atoms with Gasteiger partial charge in [0.05, 0.1) is 6.20 Å². The van der Waals surface area contributed by atoms with Crippen LogP contribution in [0.1, 0.15) is 47.6 Å². The largest absolute Gasteiger partial charge is 0.477 e. The average molecular weight is 320 g/mol. The molecule has 2 aromatic rings. The van der Waals surface area contributed by atoms with Gasteiger partial charge in [0.2, 0.25) is 0 Å². The van der Waals surface area contributed by atoms with Crippen molar-refractivity contribution in [3.8, 4) is 0 Å². The number of piperidine rings is 1. The van der Waals surface area contributed by atoms with Gasteiger partial charge < -0.3 is 5.11 Å². The highest BCUT2D eigenvalue weighted by molar-refractivity contribution is 5.86. The molecule has 3 rings (SSSR count). The monoisotopic (exact) mass is 320 g/mol. The Balaban J connectivity index is 1.74.